The minimum Gasteiger partial charge on any atom is -0.368 e. The number of aromatic nitrogens is 1. The van der Waals surface area contributed by atoms with Crippen LogP contribution < -0.4 is 0 Å². The Labute approximate surface area is 58.3 Å². The molecule has 0 aromatic carbocycles. The van der Waals surface area contributed by atoms with Gasteiger partial charge in [0, 0.05) is 12.4 Å². The lowest BCUT2D eigenvalue weighted by Crippen LogP contribution is -1.38. The van der Waals surface area contributed by atoms with Crippen molar-refractivity contribution in [3.63, 3.8) is 0 Å². The number of hydrogen-bond donors (Lipinski definition) is 1. The van der Waals surface area contributed by atoms with Crippen molar-refractivity contribution < 1.29 is 4.70 Å². The van der Waals surface area contributed by atoms with Crippen LogP contribution in [0.15, 0.2) is 24.5 Å². The van der Waals surface area contributed by atoms with Gasteiger partial charge in [-0.2, -0.15) is 23.4 Å². The first kappa shape index (κ1) is 15.7. The Morgan fingerprint density at radius 2 is 1.38 bits per heavy atom. The van der Waals surface area contributed by atoms with Crippen molar-refractivity contribution in [2.24, 2.45) is 0 Å². The molecule has 50 valence electrons. The van der Waals surface area contributed by atoms with Gasteiger partial charge in [0.15, 0.2) is 0 Å². The van der Waals surface area contributed by atoms with E-state index in [-0.39, 0.29) is 28.1 Å². The van der Waals surface area contributed by atoms with Crippen LogP contribution in [0.4, 0.5) is 4.70 Å². The van der Waals surface area contributed by atoms with Crippen molar-refractivity contribution in [2.75, 3.05) is 0 Å². The SMILES string of the molecule is F.P.S.c1cc[nH]c1. The van der Waals surface area contributed by atoms with Gasteiger partial charge in [0.05, 0.1) is 0 Å². The first-order valence-electron chi connectivity index (χ1n) is 1.58. The van der Waals surface area contributed by atoms with Gasteiger partial charge in [-0.15, -0.1) is 0 Å². The zero-order valence-electron chi connectivity index (χ0n) is 4.42. The van der Waals surface area contributed by atoms with Gasteiger partial charge in [-0.3, -0.25) is 4.70 Å². The zero-order chi connectivity index (χ0) is 3.54. The maximum Gasteiger partial charge on any atom is 0.000496 e. The highest BCUT2D eigenvalue weighted by molar-refractivity contribution is 7.59. The highest BCUT2D eigenvalue weighted by Gasteiger charge is 1.55. The molecular weight excluding hydrogens is 144 g/mol. The first-order valence-corrected chi connectivity index (χ1v) is 1.58. The summed E-state index contributed by atoms with van der Waals surface area (Å²) in [5.41, 5.74) is 0. The molecule has 0 amide bonds. The molecule has 0 fully saturated rings. The van der Waals surface area contributed by atoms with Crippen LogP contribution in [0.3, 0.4) is 0 Å². The minimum absolute atomic E-state index is 0. The molecule has 1 atom stereocenters. The maximum atomic E-state index is 2.86. The second-order valence-electron chi connectivity index (χ2n) is 0.885. The molecule has 1 aromatic rings. The van der Waals surface area contributed by atoms with Crippen LogP contribution in [0, 0.1) is 0 Å². The van der Waals surface area contributed by atoms with Gasteiger partial charge in [0.25, 0.3) is 0 Å². The fourth-order valence-corrected chi connectivity index (χ4v) is 0.278. The summed E-state index contributed by atoms with van der Waals surface area (Å²) in [6, 6.07) is 3.89. The Morgan fingerprint density at radius 3 is 1.50 bits per heavy atom. The fraction of sp³-hybridized carbons (Fsp3) is 0. The summed E-state index contributed by atoms with van der Waals surface area (Å²) in [5, 5.41) is 0. The average molecular weight is 155 g/mol. The van der Waals surface area contributed by atoms with Crippen molar-refractivity contribution in [1.29, 1.82) is 0 Å². The molecule has 1 heterocycles. The van der Waals surface area contributed by atoms with E-state index in [2.05, 4.69) is 4.98 Å². The molecule has 8 heavy (non-hydrogen) atoms. The van der Waals surface area contributed by atoms with E-state index in [0.717, 1.165) is 0 Å². The molecule has 0 radical (unpaired) electrons. The van der Waals surface area contributed by atoms with E-state index in [0.29, 0.717) is 0 Å². The predicted molar refractivity (Wildman–Crippen MR) is 44.8 cm³/mol. The van der Waals surface area contributed by atoms with Gasteiger partial charge in [0.1, 0.15) is 0 Å². The Kier molecular flexibility index (Phi) is 19.7. The average Bonchev–Trinajstić information content (AvgIpc) is 1.76. The van der Waals surface area contributed by atoms with E-state index < -0.39 is 0 Å². The van der Waals surface area contributed by atoms with Gasteiger partial charge in [-0.05, 0) is 12.1 Å². The molecule has 1 N–H and O–H groups in total. The third-order valence-corrected chi connectivity index (χ3v) is 0.496. The molecule has 1 rings (SSSR count). The molecule has 1 nitrogen and oxygen atoms in total. The highest BCUT2D eigenvalue weighted by Crippen LogP contribution is 1.72. The van der Waals surface area contributed by atoms with Crippen LogP contribution in [0.2, 0.25) is 0 Å². The predicted octanol–water partition coefficient (Wildman–Crippen LogP) is 1.34. The fourth-order valence-electron chi connectivity index (χ4n) is 0.278. The van der Waals surface area contributed by atoms with Crippen molar-refractivity contribution in [2.45, 2.75) is 0 Å². The van der Waals surface area contributed by atoms with E-state index in [1.807, 2.05) is 24.5 Å². The largest absolute Gasteiger partial charge is 0.368 e. The zero-order valence-corrected chi connectivity index (χ0v) is 6.84. The summed E-state index contributed by atoms with van der Waals surface area (Å²) in [6.07, 6.45) is 3.75. The van der Waals surface area contributed by atoms with Gasteiger partial charge >= 0.3 is 0 Å². The van der Waals surface area contributed by atoms with E-state index in [9.17, 15) is 0 Å². The topological polar surface area (TPSA) is 15.8 Å². The van der Waals surface area contributed by atoms with Crippen molar-refractivity contribution in [3.8, 4) is 0 Å². The number of hydrogen-bond acceptors (Lipinski definition) is 0. The van der Waals surface area contributed by atoms with Crippen molar-refractivity contribution in [3.05, 3.63) is 24.5 Å². The summed E-state index contributed by atoms with van der Waals surface area (Å²) in [4.78, 5) is 2.86. The monoisotopic (exact) mass is 155 g/mol. The summed E-state index contributed by atoms with van der Waals surface area (Å²) >= 11 is 0. The number of nitrogens with one attached hydrogen (secondary N) is 1. The van der Waals surface area contributed by atoms with E-state index in [4.69, 9.17) is 0 Å². The van der Waals surface area contributed by atoms with Crippen LogP contribution in [-0.4, -0.2) is 4.98 Å². The van der Waals surface area contributed by atoms with Crippen LogP contribution in [0.1, 0.15) is 0 Å². The Bertz CT molecular complexity index is 72.5. The van der Waals surface area contributed by atoms with Gasteiger partial charge in [-0.1, -0.05) is 0 Å². The molecule has 0 aliphatic carbocycles. The smallest absolute Gasteiger partial charge is 0.000496 e. The third kappa shape index (κ3) is 5.99. The Morgan fingerprint density at radius 1 is 1.00 bits per heavy atom. The third-order valence-electron chi connectivity index (χ3n) is 0.496. The second-order valence-corrected chi connectivity index (χ2v) is 0.885. The molecule has 0 bridgehead atoms. The van der Waals surface area contributed by atoms with Crippen LogP contribution in [-0.2, 0) is 0 Å². The Balaban J connectivity index is -0.0000000833. The molecule has 0 spiro atoms. The molecule has 1 unspecified atom stereocenters. The lowest BCUT2D eigenvalue weighted by molar-refractivity contribution is 1.11. The normalized spacial score (nSPS) is 5.00. The maximum absolute atomic E-state index is 2.86. The standard InChI is InChI=1S/C4H5N.FH.H3P.H2S/c1-2-4-5-3-1;;;/h1-5H;1H;1H3;1H2. The summed E-state index contributed by atoms with van der Waals surface area (Å²) < 4.78 is 0. The molecule has 0 saturated heterocycles. The van der Waals surface area contributed by atoms with Crippen LogP contribution >= 0.6 is 23.4 Å². The molecule has 0 aliphatic heterocycles. The van der Waals surface area contributed by atoms with Crippen molar-refractivity contribution in [1.82, 2.24) is 4.98 Å². The number of H-pyrrole nitrogens is 1. The lowest BCUT2D eigenvalue weighted by Gasteiger charge is -1.49. The van der Waals surface area contributed by atoms with Crippen LogP contribution in [0.5, 0.6) is 0 Å². The van der Waals surface area contributed by atoms with Gasteiger partial charge < -0.3 is 4.98 Å². The number of rotatable bonds is 0. The lowest BCUT2D eigenvalue weighted by atomic mass is 10.7. The van der Waals surface area contributed by atoms with Gasteiger partial charge in [0.2, 0.25) is 0 Å². The second kappa shape index (κ2) is 10.1. The summed E-state index contributed by atoms with van der Waals surface area (Å²) in [7, 11) is 0. The molecule has 0 saturated carbocycles. The highest BCUT2D eigenvalue weighted by atomic mass is 32.1. The number of aromatic amines is 1. The van der Waals surface area contributed by atoms with E-state index in [1.165, 1.54) is 0 Å². The molecule has 4 heteroatoms. The quantitative estimate of drug-likeness (QED) is 0.544. The minimum atomic E-state index is 0. The van der Waals surface area contributed by atoms with Gasteiger partial charge in [-0.25, -0.2) is 0 Å². The van der Waals surface area contributed by atoms with E-state index in [1.54, 1.807) is 0 Å². The van der Waals surface area contributed by atoms with E-state index >= 15 is 0 Å². The van der Waals surface area contributed by atoms with Crippen molar-refractivity contribution >= 4 is 23.4 Å². The molecule has 0 aliphatic rings. The molecular formula is C4H11FNPS. The molecule has 1 aromatic heterocycles. The summed E-state index contributed by atoms with van der Waals surface area (Å²) in [6.45, 7) is 0. The summed E-state index contributed by atoms with van der Waals surface area (Å²) in [5.74, 6) is 0. The first-order chi connectivity index (χ1) is 2.50. The number of halogens is 1. The Hall–Kier alpha value is -0.0100. The van der Waals surface area contributed by atoms with Crippen LogP contribution in [0.25, 0.3) is 0 Å².